The van der Waals surface area contributed by atoms with Crippen molar-refractivity contribution < 1.29 is 24.1 Å². The molecule has 0 aliphatic heterocycles. The fraction of sp³-hybridized carbons (Fsp3) is 0.316. The monoisotopic (exact) mass is 343 g/mol. The van der Waals surface area contributed by atoms with Gasteiger partial charge in [0.25, 0.3) is 0 Å². The van der Waals surface area contributed by atoms with E-state index in [0.717, 1.165) is 27.8 Å². The molecule has 1 unspecified atom stereocenters. The van der Waals surface area contributed by atoms with Crippen LogP contribution in [0.3, 0.4) is 0 Å². The van der Waals surface area contributed by atoms with Gasteiger partial charge in [0.1, 0.15) is 6.10 Å². The van der Waals surface area contributed by atoms with Crippen LogP contribution in [-0.2, 0) is 11.2 Å². The molecule has 1 amide bonds. The standard InChI is InChI=1S/C19H21NO5/c1-23-14-10-11(8-9-20-19(22)25-3)15-16(18(14)24-2)12-6-4-5-7-13(12)17(15)21/h4-7,10,17,21H,8-9H2,1-3H3,(H,20,22). The molecule has 0 spiro atoms. The van der Waals surface area contributed by atoms with Gasteiger partial charge in [0.15, 0.2) is 11.5 Å². The fourth-order valence-corrected chi connectivity index (χ4v) is 3.34. The Kier molecular flexibility index (Phi) is 4.81. The highest BCUT2D eigenvalue weighted by Gasteiger charge is 2.33. The Morgan fingerprint density at radius 2 is 1.96 bits per heavy atom. The molecule has 0 aromatic heterocycles. The molecule has 2 aromatic rings. The molecule has 0 saturated carbocycles. The molecule has 0 heterocycles. The largest absolute Gasteiger partial charge is 0.493 e. The van der Waals surface area contributed by atoms with Gasteiger partial charge in [0.05, 0.1) is 21.3 Å². The zero-order valence-corrected chi connectivity index (χ0v) is 14.5. The molecule has 0 radical (unpaired) electrons. The van der Waals surface area contributed by atoms with E-state index in [1.54, 1.807) is 14.2 Å². The third-order valence-corrected chi connectivity index (χ3v) is 4.44. The van der Waals surface area contributed by atoms with Gasteiger partial charge in [-0.25, -0.2) is 4.79 Å². The Labute approximate surface area is 146 Å². The summed E-state index contributed by atoms with van der Waals surface area (Å²) in [4.78, 5) is 11.3. The lowest BCUT2D eigenvalue weighted by Crippen LogP contribution is -2.25. The van der Waals surface area contributed by atoms with Crippen molar-refractivity contribution in [2.24, 2.45) is 0 Å². The molecule has 6 heteroatoms. The molecule has 25 heavy (non-hydrogen) atoms. The summed E-state index contributed by atoms with van der Waals surface area (Å²) in [6.07, 6.45) is -0.692. The van der Waals surface area contributed by atoms with E-state index in [1.807, 2.05) is 30.3 Å². The highest BCUT2D eigenvalue weighted by Crippen LogP contribution is 2.52. The zero-order chi connectivity index (χ0) is 18.0. The van der Waals surface area contributed by atoms with Crippen molar-refractivity contribution in [3.8, 4) is 22.6 Å². The van der Waals surface area contributed by atoms with Crippen molar-refractivity contribution >= 4 is 6.09 Å². The summed E-state index contributed by atoms with van der Waals surface area (Å²) in [5.41, 5.74) is 4.31. The normalized spacial score (nSPS) is 14.5. The Bertz CT molecular complexity index is 803. The van der Waals surface area contributed by atoms with Crippen LogP contribution in [0.25, 0.3) is 11.1 Å². The number of aliphatic hydroxyl groups excluding tert-OH is 1. The lowest BCUT2D eigenvalue weighted by Gasteiger charge is -2.18. The van der Waals surface area contributed by atoms with Crippen LogP contribution in [0, 0.1) is 0 Å². The summed E-state index contributed by atoms with van der Waals surface area (Å²) in [6, 6.07) is 9.55. The Morgan fingerprint density at radius 3 is 2.64 bits per heavy atom. The van der Waals surface area contributed by atoms with E-state index in [2.05, 4.69) is 10.1 Å². The molecular weight excluding hydrogens is 322 g/mol. The maximum atomic E-state index is 11.3. The van der Waals surface area contributed by atoms with Crippen LogP contribution < -0.4 is 14.8 Å². The van der Waals surface area contributed by atoms with Gasteiger partial charge in [0.2, 0.25) is 0 Å². The van der Waals surface area contributed by atoms with Gasteiger partial charge in [-0.3, -0.25) is 0 Å². The number of alkyl carbamates (subject to hydrolysis) is 1. The van der Waals surface area contributed by atoms with E-state index in [4.69, 9.17) is 9.47 Å². The number of aliphatic hydroxyl groups is 1. The van der Waals surface area contributed by atoms with E-state index in [0.29, 0.717) is 24.5 Å². The number of hydrogen-bond acceptors (Lipinski definition) is 5. The maximum absolute atomic E-state index is 11.3. The summed E-state index contributed by atoms with van der Waals surface area (Å²) < 4.78 is 15.6. The molecule has 0 bridgehead atoms. The van der Waals surface area contributed by atoms with E-state index in [9.17, 15) is 9.90 Å². The molecule has 2 aromatic carbocycles. The smallest absolute Gasteiger partial charge is 0.406 e. The summed E-state index contributed by atoms with van der Waals surface area (Å²) in [5.74, 6) is 1.20. The second kappa shape index (κ2) is 7.03. The zero-order valence-electron chi connectivity index (χ0n) is 14.5. The Balaban J connectivity index is 2.08. The molecule has 1 aliphatic rings. The van der Waals surface area contributed by atoms with Gasteiger partial charge in [-0.1, -0.05) is 24.3 Å². The van der Waals surface area contributed by atoms with Crippen molar-refractivity contribution in [1.29, 1.82) is 0 Å². The Hall–Kier alpha value is -2.73. The molecule has 1 aliphatic carbocycles. The van der Waals surface area contributed by atoms with Crippen molar-refractivity contribution in [3.05, 3.63) is 47.0 Å². The average Bonchev–Trinajstić information content (AvgIpc) is 2.94. The van der Waals surface area contributed by atoms with Crippen LogP contribution in [0.2, 0.25) is 0 Å². The van der Waals surface area contributed by atoms with Crippen molar-refractivity contribution in [2.45, 2.75) is 12.5 Å². The maximum Gasteiger partial charge on any atom is 0.406 e. The first-order valence-corrected chi connectivity index (χ1v) is 7.99. The highest BCUT2D eigenvalue weighted by molar-refractivity contribution is 5.86. The van der Waals surface area contributed by atoms with Crippen molar-refractivity contribution in [3.63, 3.8) is 0 Å². The number of methoxy groups -OCH3 is 3. The number of fused-ring (bicyclic) bond motifs is 3. The molecule has 132 valence electrons. The summed E-state index contributed by atoms with van der Waals surface area (Å²) in [6.45, 7) is 0.387. The van der Waals surface area contributed by atoms with Gasteiger partial charge in [0, 0.05) is 17.7 Å². The number of carbonyl (C=O) groups excluding carboxylic acids is 1. The second-order valence-electron chi connectivity index (χ2n) is 5.72. The first-order valence-electron chi connectivity index (χ1n) is 7.99. The van der Waals surface area contributed by atoms with Gasteiger partial charge >= 0.3 is 6.09 Å². The molecular formula is C19H21NO5. The van der Waals surface area contributed by atoms with Crippen LogP contribution in [0.15, 0.2) is 30.3 Å². The summed E-state index contributed by atoms with van der Waals surface area (Å²) >= 11 is 0. The lowest BCUT2D eigenvalue weighted by atomic mass is 9.96. The minimum atomic E-state index is -0.737. The molecule has 3 rings (SSSR count). The number of hydrogen-bond donors (Lipinski definition) is 2. The van der Waals surface area contributed by atoms with E-state index in [-0.39, 0.29) is 0 Å². The minimum absolute atomic E-state index is 0.387. The third kappa shape index (κ3) is 2.89. The molecule has 0 saturated heterocycles. The lowest BCUT2D eigenvalue weighted by molar-refractivity contribution is 0.171. The average molecular weight is 343 g/mol. The number of amides is 1. The molecule has 0 fully saturated rings. The van der Waals surface area contributed by atoms with Crippen LogP contribution in [-0.4, -0.2) is 39.1 Å². The predicted molar refractivity (Wildman–Crippen MR) is 93.2 cm³/mol. The fourth-order valence-electron chi connectivity index (χ4n) is 3.34. The minimum Gasteiger partial charge on any atom is -0.493 e. The van der Waals surface area contributed by atoms with Crippen molar-refractivity contribution in [2.75, 3.05) is 27.9 Å². The van der Waals surface area contributed by atoms with Gasteiger partial charge in [-0.05, 0) is 29.2 Å². The quantitative estimate of drug-likeness (QED) is 0.873. The number of benzene rings is 2. The SMILES string of the molecule is COC(=O)NCCc1cc(OC)c(OC)c2c1C(O)c1ccccc1-2. The van der Waals surface area contributed by atoms with E-state index >= 15 is 0 Å². The third-order valence-electron chi connectivity index (χ3n) is 4.44. The van der Waals surface area contributed by atoms with Crippen LogP contribution in [0.1, 0.15) is 22.8 Å². The van der Waals surface area contributed by atoms with Crippen molar-refractivity contribution in [1.82, 2.24) is 5.32 Å². The van der Waals surface area contributed by atoms with E-state index in [1.165, 1.54) is 7.11 Å². The van der Waals surface area contributed by atoms with Crippen LogP contribution in [0.4, 0.5) is 4.79 Å². The summed E-state index contributed by atoms with van der Waals surface area (Å²) in [5, 5.41) is 13.5. The van der Waals surface area contributed by atoms with Gasteiger partial charge < -0.3 is 24.6 Å². The van der Waals surface area contributed by atoms with Crippen LogP contribution >= 0.6 is 0 Å². The first kappa shape index (κ1) is 17.1. The number of rotatable bonds is 5. The number of ether oxygens (including phenoxy) is 3. The summed E-state index contributed by atoms with van der Waals surface area (Å²) in [7, 11) is 4.49. The molecule has 6 nitrogen and oxygen atoms in total. The first-order chi connectivity index (χ1) is 12.1. The van der Waals surface area contributed by atoms with Gasteiger partial charge in [-0.2, -0.15) is 0 Å². The Morgan fingerprint density at radius 1 is 1.20 bits per heavy atom. The number of carbonyl (C=O) groups is 1. The topological polar surface area (TPSA) is 77.0 Å². The predicted octanol–water partition coefficient (Wildman–Crippen LogP) is 2.66. The molecule has 1 atom stereocenters. The van der Waals surface area contributed by atoms with Crippen LogP contribution in [0.5, 0.6) is 11.5 Å². The highest BCUT2D eigenvalue weighted by atomic mass is 16.5. The number of nitrogens with one attached hydrogen (secondary N) is 1. The van der Waals surface area contributed by atoms with E-state index < -0.39 is 12.2 Å². The second-order valence-corrected chi connectivity index (χ2v) is 5.72. The van der Waals surface area contributed by atoms with Gasteiger partial charge in [-0.15, -0.1) is 0 Å². The molecule has 2 N–H and O–H groups in total.